The van der Waals surface area contributed by atoms with Crippen molar-refractivity contribution in [3.63, 3.8) is 0 Å². The van der Waals surface area contributed by atoms with E-state index in [0.29, 0.717) is 29.7 Å². The topological polar surface area (TPSA) is 51.0 Å². The van der Waals surface area contributed by atoms with E-state index in [2.05, 4.69) is 5.16 Å². The fourth-order valence-electron chi connectivity index (χ4n) is 1.85. The van der Waals surface area contributed by atoms with E-state index in [1.165, 1.54) is 6.21 Å². The Morgan fingerprint density at radius 3 is 2.71 bits per heavy atom. The highest BCUT2D eigenvalue weighted by Crippen LogP contribution is 2.29. The molecule has 0 unspecified atom stereocenters. The van der Waals surface area contributed by atoms with Gasteiger partial charge in [-0.25, -0.2) is 0 Å². The molecule has 0 saturated carbocycles. The van der Waals surface area contributed by atoms with Crippen LogP contribution in [-0.2, 0) is 6.61 Å². The normalized spacial score (nSPS) is 10.8. The molecule has 0 amide bonds. The second-order valence-electron chi connectivity index (χ2n) is 4.30. The highest BCUT2D eigenvalue weighted by atomic mass is 35.5. The van der Waals surface area contributed by atoms with Gasteiger partial charge < -0.3 is 14.7 Å². The Hall–Kier alpha value is -2.20. The van der Waals surface area contributed by atoms with Crippen molar-refractivity contribution in [1.29, 1.82) is 0 Å². The Morgan fingerprint density at radius 1 is 1.14 bits per heavy atom. The molecule has 5 heteroatoms. The van der Waals surface area contributed by atoms with Gasteiger partial charge in [0, 0.05) is 10.6 Å². The lowest BCUT2D eigenvalue weighted by Crippen LogP contribution is -2.00. The number of benzene rings is 2. The minimum absolute atomic E-state index is 0.397. The Labute approximate surface area is 128 Å². The number of oxime groups is 1. The van der Waals surface area contributed by atoms with Crippen LogP contribution >= 0.6 is 11.6 Å². The van der Waals surface area contributed by atoms with E-state index in [9.17, 15) is 0 Å². The van der Waals surface area contributed by atoms with Crippen LogP contribution in [0.5, 0.6) is 11.5 Å². The van der Waals surface area contributed by atoms with Crippen molar-refractivity contribution >= 4 is 17.8 Å². The third-order valence-corrected chi connectivity index (χ3v) is 2.99. The molecular weight excluding hydrogens is 290 g/mol. The fraction of sp³-hybridized carbons (Fsp3) is 0.188. The second-order valence-corrected chi connectivity index (χ2v) is 4.74. The molecule has 0 aliphatic heterocycles. The molecule has 0 aliphatic rings. The molecule has 0 atom stereocenters. The summed E-state index contributed by atoms with van der Waals surface area (Å²) in [6.07, 6.45) is 1.34. The van der Waals surface area contributed by atoms with Crippen molar-refractivity contribution in [3.8, 4) is 11.5 Å². The lowest BCUT2D eigenvalue weighted by atomic mass is 10.2. The van der Waals surface area contributed by atoms with Crippen molar-refractivity contribution in [1.82, 2.24) is 0 Å². The van der Waals surface area contributed by atoms with Gasteiger partial charge in [-0.3, -0.25) is 0 Å². The molecule has 110 valence electrons. The molecule has 2 rings (SSSR count). The molecule has 0 saturated heterocycles. The first-order valence-corrected chi connectivity index (χ1v) is 6.92. The first-order valence-electron chi connectivity index (χ1n) is 6.54. The zero-order valence-corrected chi connectivity index (χ0v) is 12.4. The van der Waals surface area contributed by atoms with Gasteiger partial charge in [0.2, 0.25) is 0 Å². The Balaban J connectivity index is 2.14. The van der Waals surface area contributed by atoms with Crippen LogP contribution in [0.2, 0.25) is 5.02 Å². The van der Waals surface area contributed by atoms with Gasteiger partial charge in [0.25, 0.3) is 0 Å². The van der Waals surface area contributed by atoms with E-state index in [-0.39, 0.29) is 0 Å². The summed E-state index contributed by atoms with van der Waals surface area (Å²) in [7, 11) is 0. The average molecular weight is 306 g/mol. The van der Waals surface area contributed by atoms with Crippen LogP contribution in [0.1, 0.15) is 18.1 Å². The molecule has 1 N–H and O–H groups in total. The quantitative estimate of drug-likeness (QED) is 0.496. The van der Waals surface area contributed by atoms with Crippen molar-refractivity contribution in [2.45, 2.75) is 13.5 Å². The Bertz CT molecular complexity index is 629. The molecule has 2 aromatic carbocycles. The molecule has 0 fully saturated rings. The van der Waals surface area contributed by atoms with E-state index in [4.69, 9.17) is 26.3 Å². The molecule has 0 bridgehead atoms. The summed E-state index contributed by atoms with van der Waals surface area (Å²) in [5.41, 5.74) is 1.71. The lowest BCUT2D eigenvalue weighted by molar-refractivity contribution is 0.269. The molecule has 0 spiro atoms. The monoisotopic (exact) mass is 305 g/mol. The Morgan fingerprint density at radius 2 is 2.00 bits per heavy atom. The van der Waals surface area contributed by atoms with Crippen LogP contribution in [0.25, 0.3) is 0 Å². The lowest BCUT2D eigenvalue weighted by Gasteiger charge is -2.12. The summed E-state index contributed by atoms with van der Waals surface area (Å²) >= 11 is 5.94. The minimum Gasteiger partial charge on any atom is -0.490 e. The van der Waals surface area contributed by atoms with E-state index in [0.717, 1.165) is 11.1 Å². The van der Waals surface area contributed by atoms with Gasteiger partial charge in [-0.15, -0.1) is 0 Å². The third kappa shape index (κ3) is 4.39. The van der Waals surface area contributed by atoms with Crippen LogP contribution < -0.4 is 9.47 Å². The molecular formula is C16H16ClNO3. The largest absolute Gasteiger partial charge is 0.490 e. The molecule has 2 aromatic rings. The first-order chi connectivity index (χ1) is 10.2. The molecule has 0 aromatic heterocycles. The smallest absolute Gasteiger partial charge is 0.161 e. The number of ether oxygens (including phenoxy) is 2. The number of rotatable bonds is 6. The predicted molar refractivity (Wildman–Crippen MR) is 82.8 cm³/mol. The van der Waals surface area contributed by atoms with Gasteiger partial charge in [-0.05, 0) is 42.8 Å². The first kappa shape index (κ1) is 15.2. The number of hydrogen-bond acceptors (Lipinski definition) is 4. The number of hydrogen-bond donors (Lipinski definition) is 1. The molecule has 21 heavy (non-hydrogen) atoms. The second kappa shape index (κ2) is 7.55. The molecule has 0 radical (unpaired) electrons. The molecule has 0 aliphatic carbocycles. The van der Waals surface area contributed by atoms with E-state index in [1.54, 1.807) is 18.2 Å². The molecule has 0 heterocycles. The number of halogens is 1. The number of nitrogens with zero attached hydrogens (tertiary/aromatic N) is 1. The van der Waals surface area contributed by atoms with E-state index < -0.39 is 0 Å². The predicted octanol–water partition coefficient (Wildman–Crippen LogP) is 4.13. The Kier molecular flexibility index (Phi) is 5.46. The summed E-state index contributed by atoms with van der Waals surface area (Å²) in [4.78, 5) is 0. The molecule has 4 nitrogen and oxygen atoms in total. The van der Waals surface area contributed by atoms with Gasteiger partial charge in [0.05, 0.1) is 12.8 Å². The summed E-state index contributed by atoms with van der Waals surface area (Å²) in [6.45, 7) is 2.81. The van der Waals surface area contributed by atoms with Crippen LogP contribution in [0.4, 0.5) is 0 Å². The zero-order valence-electron chi connectivity index (χ0n) is 11.6. The van der Waals surface area contributed by atoms with Crippen LogP contribution in [0.15, 0.2) is 47.6 Å². The zero-order chi connectivity index (χ0) is 15.1. The van der Waals surface area contributed by atoms with Gasteiger partial charge in [-0.2, -0.15) is 0 Å². The van der Waals surface area contributed by atoms with Crippen molar-refractivity contribution in [3.05, 3.63) is 58.6 Å². The summed E-state index contributed by atoms with van der Waals surface area (Å²) in [5.74, 6) is 1.24. The average Bonchev–Trinajstić information content (AvgIpc) is 2.47. The van der Waals surface area contributed by atoms with Gasteiger partial charge >= 0.3 is 0 Å². The third-order valence-electron chi connectivity index (χ3n) is 2.76. The maximum Gasteiger partial charge on any atom is 0.161 e. The van der Waals surface area contributed by atoms with E-state index >= 15 is 0 Å². The highest BCUT2D eigenvalue weighted by Gasteiger charge is 2.06. The summed E-state index contributed by atoms with van der Waals surface area (Å²) < 4.78 is 11.3. The van der Waals surface area contributed by atoms with Crippen molar-refractivity contribution in [2.24, 2.45) is 5.16 Å². The van der Waals surface area contributed by atoms with Gasteiger partial charge in [0.15, 0.2) is 11.5 Å². The minimum atomic E-state index is 0.397. The summed E-state index contributed by atoms with van der Waals surface area (Å²) in [5, 5.41) is 12.3. The highest BCUT2D eigenvalue weighted by molar-refractivity contribution is 6.30. The van der Waals surface area contributed by atoms with E-state index in [1.807, 2.05) is 31.2 Å². The van der Waals surface area contributed by atoms with Gasteiger partial charge in [-0.1, -0.05) is 28.9 Å². The van der Waals surface area contributed by atoms with Crippen molar-refractivity contribution in [2.75, 3.05) is 6.61 Å². The van der Waals surface area contributed by atoms with Gasteiger partial charge in [0.1, 0.15) is 6.61 Å². The maximum atomic E-state index is 8.57. The SMILES string of the molecule is CCOc1cc(/C=N/O)ccc1OCc1cccc(Cl)c1. The summed E-state index contributed by atoms with van der Waals surface area (Å²) in [6, 6.07) is 12.8. The standard InChI is InChI=1S/C16H16ClNO3/c1-2-20-16-9-12(10-18-19)6-7-15(16)21-11-13-4-3-5-14(17)8-13/h3-10,19H,2,11H2,1H3/b18-10+. The van der Waals surface area contributed by atoms with Crippen molar-refractivity contribution < 1.29 is 14.7 Å². The van der Waals surface area contributed by atoms with Crippen LogP contribution in [-0.4, -0.2) is 18.0 Å². The van der Waals surface area contributed by atoms with Crippen LogP contribution in [0, 0.1) is 0 Å². The maximum absolute atomic E-state index is 8.57. The fourth-order valence-corrected chi connectivity index (χ4v) is 2.06. The van der Waals surface area contributed by atoms with Crippen LogP contribution in [0.3, 0.4) is 0 Å².